The largest absolute Gasteiger partial charge is 0.311 e. The molecule has 109 heavy (non-hydrogen) atoms. The van der Waals surface area contributed by atoms with Crippen molar-refractivity contribution in [1.82, 2.24) is 0 Å². The number of hydrogen-bond acceptors (Lipinski definition) is 6. The van der Waals surface area contributed by atoms with Crippen molar-refractivity contribution < 1.29 is 0 Å². The number of benzene rings is 16. The molecule has 0 bridgehead atoms. The van der Waals surface area contributed by atoms with E-state index in [1.807, 2.05) is 36.4 Å². The first kappa shape index (κ1) is 69.7. The summed E-state index contributed by atoms with van der Waals surface area (Å²) in [4.78, 5) is 14.2. The minimum Gasteiger partial charge on any atom is -0.311 e. The smallest absolute Gasteiger partial charge is 0.0506 e. The summed E-state index contributed by atoms with van der Waals surface area (Å²) in [5.41, 5.74) is 28.6. The van der Waals surface area contributed by atoms with Crippen LogP contribution in [0.2, 0.25) is 0 Å². The van der Waals surface area contributed by atoms with Crippen molar-refractivity contribution in [2.45, 2.75) is 45.4 Å². The second-order valence-corrected chi connectivity index (χ2v) is 28.4. The number of rotatable bonds is 15. The summed E-state index contributed by atoms with van der Waals surface area (Å²) < 4.78 is 0. The summed E-state index contributed by atoms with van der Waals surface area (Å²) in [5.74, 6) is 0. The van der Waals surface area contributed by atoms with Crippen molar-refractivity contribution in [2.24, 2.45) is 0 Å². The van der Waals surface area contributed by atoms with Gasteiger partial charge in [-0.15, -0.1) is 0 Å². The van der Waals surface area contributed by atoms with Crippen LogP contribution in [0.5, 0.6) is 0 Å². The Labute approximate surface area is 642 Å². The minimum atomic E-state index is -0.372. The highest BCUT2D eigenvalue weighted by atomic mass is 15.2. The van der Waals surface area contributed by atoms with Crippen LogP contribution in [0.3, 0.4) is 0 Å². The highest BCUT2D eigenvalue weighted by Crippen LogP contribution is 2.57. The normalized spacial score (nSPS) is 12.6. The Kier molecular flexibility index (Phi) is 19.9. The zero-order valence-electron chi connectivity index (χ0n) is 62.2. The number of para-hydroxylation sites is 8. The third kappa shape index (κ3) is 14.2. The van der Waals surface area contributed by atoms with Crippen molar-refractivity contribution in [3.05, 3.63) is 470 Å². The molecule has 16 aromatic rings. The molecular formula is C103H86N6. The van der Waals surface area contributed by atoms with E-state index in [2.05, 4.69) is 458 Å². The molecule has 18 rings (SSSR count). The van der Waals surface area contributed by atoms with E-state index in [1.54, 1.807) is 0 Å². The van der Waals surface area contributed by atoms with Gasteiger partial charge in [-0.25, -0.2) is 0 Å². The van der Waals surface area contributed by atoms with Crippen LogP contribution in [0, 0.1) is 13.8 Å². The lowest BCUT2D eigenvalue weighted by atomic mass is 9.67. The van der Waals surface area contributed by atoms with Gasteiger partial charge in [-0.1, -0.05) is 262 Å². The van der Waals surface area contributed by atoms with Crippen LogP contribution in [0.15, 0.2) is 431 Å². The van der Waals surface area contributed by atoms with E-state index in [4.69, 9.17) is 0 Å². The molecule has 16 aromatic carbocycles. The van der Waals surface area contributed by atoms with E-state index in [1.165, 1.54) is 50.3 Å². The molecular weight excluding hydrogens is 1320 g/mol. The summed E-state index contributed by atoms with van der Waals surface area (Å²) in [6.45, 7) is 11.4. The average Bonchev–Trinajstić information content (AvgIpc) is 0.719. The van der Waals surface area contributed by atoms with Gasteiger partial charge in [0.1, 0.15) is 0 Å². The van der Waals surface area contributed by atoms with Crippen LogP contribution in [0.4, 0.5) is 102 Å². The molecule has 0 unspecified atom stereocenters. The van der Waals surface area contributed by atoms with Crippen LogP contribution >= 0.6 is 0 Å². The predicted molar refractivity (Wildman–Crippen MR) is 461 cm³/mol. The van der Waals surface area contributed by atoms with Gasteiger partial charge in [0, 0.05) is 90.5 Å². The molecule has 0 saturated heterocycles. The molecule has 0 spiro atoms. The van der Waals surface area contributed by atoms with Gasteiger partial charge >= 0.3 is 0 Å². The Morgan fingerprint density at radius 2 is 0.404 bits per heavy atom. The molecule has 0 fully saturated rings. The van der Waals surface area contributed by atoms with Gasteiger partial charge < -0.3 is 29.4 Å². The first-order chi connectivity index (χ1) is 53.6. The average molecular weight is 1410 g/mol. The number of anilines is 18. The molecule has 0 aromatic heterocycles. The van der Waals surface area contributed by atoms with E-state index in [-0.39, 0.29) is 10.8 Å². The molecule has 6 heteroatoms. The van der Waals surface area contributed by atoms with Gasteiger partial charge in [0.15, 0.2) is 0 Å². The molecule has 528 valence electrons. The topological polar surface area (TPSA) is 19.4 Å². The third-order valence-corrected chi connectivity index (χ3v) is 21.1. The van der Waals surface area contributed by atoms with Crippen LogP contribution in [-0.2, 0) is 10.8 Å². The molecule has 6 nitrogen and oxygen atoms in total. The Bertz CT molecular complexity index is 5280. The molecule has 2 aliphatic heterocycles. The monoisotopic (exact) mass is 1410 g/mol. The molecule has 0 atom stereocenters. The van der Waals surface area contributed by atoms with E-state index in [0.29, 0.717) is 0 Å². The van der Waals surface area contributed by atoms with Gasteiger partial charge in [0.25, 0.3) is 0 Å². The molecule has 0 saturated carbocycles. The van der Waals surface area contributed by atoms with Gasteiger partial charge in [0.2, 0.25) is 0 Å². The maximum atomic E-state index is 2.45. The Hall–Kier alpha value is -13.7. The second kappa shape index (κ2) is 31.2. The Morgan fingerprint density at radius 1 is 0.193 bits per heavy atom. The highest BCUT2D eigenvalue weighted by molar-refractivity contribution is 5.93. The van der Waals surface area contributed by atoms with E-state index >= 15 is 0 Å². The number of nitrogens with zero attached hydrogens (tertiary/aromatic N) is 6. The zero-order chi connectivity index (χ0) is 74.1. The lowest BCUT2D eigenvalue weighted by molar-refractivity contribution is 0.632. The van der Waals surface area contributed by atoms with E-state index in [9.17, 15) is 0 Å². The highest BCUT2D eigenvalue weighted by Gasteiger charge is 2.42. The molecule has 2 aliphatic rings. The van der Waals surface area contributed by atoms with Gasteiger partial charge in [0.05, 0.1) is 22.7 Å². The Balaban J connectivity index is 0.000000163. The van der Waals surface area contributed by atoms with Crippen molar-refractivity contribution in [2.75, 3.05) is 29.4 Å². The van der Waals surface area contributed by atoms with E-state index < -0.39 is 0 Å². The van der Waals surface area contributed by atoms with Crippen molar-refractivity contribution in [1.29, 1.82) is 0 Å². The molecule has 0 N–H and O–H groups in total. The fourth-order valence-corrected chi connectivity index (χ4v) is 15.6. The van der Waals surface area contributed by atoms with Crippen LogP contribution in [-0.4, -0.2) is 0 Å². The van der Waals surface area contributed by atoms with Crippen molar-refractivity contribution >= 4 is 102 Å². The van der Waals surface area contributed by atoms with Crippen molar-refractivity contribution in [3.63, 3.8) is 0 Å². The molecule has 2 heterocycles. The van der Waals surface area contributed by atoms with Crippen molar-refractivity contribution in [3.8, 4) is 0 Å². The summed E-state index contributed by atoms with van der Waals surface area (Å²) in [6.07, 6.45) is 0. The summed E-state index contributed by atoms with van der Waals surface area (Å²) in [5, 5.41) is 0. The fourth-order valence-electron chi connectivity index (χ4n) is 15.6. The number of hydrogen-bond donors (Lipinski definition) is 0. The maximum Gasteiger partial charge on any atom is 0.0506 e. The SMILES string of the molecule is CC1(C)c2cc(N(c3ccccc3)c3ccccc3)ccc2N(c2ccc(N(c3ccccc3)c3ccccc3)cc2)c2ccc(N(c3ccccc3)c3ccccc3)cc21.Cc1ccc(N(c2ccc(C)cc2)c2ccc(N3c4ccccc4C(C)(c4ccccc4)c4ccccc43)cc2)cc1.c1ccccc1. The van der Waals surface area contributed by atoms with Gasteiger partial charge in [-0.2, -0.15) is 0 Å². The quantitative estimate of drug-likeness (QED) is 0.101. The standard InChI is InChI=1S/C57H46N4.C40H34N2.C6H6/c1-57(2)53-41-51(59(45-25-13-5-14-26-45)46-27-15-6-16-28-46)37-39-55(53)61(50-35-33-49(34-36-50)58(43-21-9-3-10-22-43)44-23-11-4-12-24-44)56-40-38-52(42-54(56)57)60(47-29-17-7-18-30-47)48-31-19-8-20-32-48;1-29-17-21-32(22-18-29)41(33-23-19-30(2)20-24-33)34-25-27-35(28-26-34)42-38-15-9-7-13-36(38)40(3,31-11-5-4-6-12-31)37-14-8-10-16-39(37)42;1-2-4-6-5-3-1/h3-42H,1-2H3;4-28H,1-3H3;1-6H. The summed E-state index contributed by atoms with van der Waals surface area (Å²) in [7, 11) is 0. The minimum absolute atomic E-state index is 0.265. The van der Waals surface area contributed by atoms with Gasteiger partial charge in [-0.3, -0.25) is 0 Å². The van der Waals surface area contributed by atoms with E-state index in [0.717, 1.165) is 91.0 Å². The Morgan fingerprint density at radius 3 is 0.697 bits per heavy atom. The third-order valence-electron chi connectivity index (χ3n) is 21.1. The summed E-state index contributed by atoms with van der Waals surface area (Å²) >= 11 is 0. The zero-order valence-corrected chi connectivity index (χ0v) is 62.2. The van der Waals surface area contributed by atoms with Crippen LogP contribution in [0.25, 0.3) is 0 Å². The van der Waals surface area contributed by atoms with Crippen LogP contribution in [0.1, 0.15) is 59.7 Å². The van der Waals surface area contributed by atoms with Crippen LogP contribution < -0.4 is 29.4 Å². The first-order valence-corrected chi connectivity index (χ1v) is 37.6. The molecule has 0 amide bonds. The number of fused-ring (bicyclic) bond motifs is 4. The lowest BCUT2D eigenvalue weighted by Crippen LogP contribution is -2.34. The van der Waals surface area contributed by atoms with Gasteiger partial charge in [-0.05, 0) is 243 Å². The molecule has 0 aliphatic carbocycles. The fraction of sp³-hybridized carbons (Fsp3) is 0.0680. The predicted octanol–water partition coefficient (Wildman–Crippen LogP) is 28.8. The maximum absolute atomic E-state index is 2.45. The first-order valence-electron chi connectivity index (χ1n) is 37.6. The number of aryl methyl sites for hydroxylation is 2. The molecule has 0 radical (unpaired) electrons. The lowest BCUT2D eigenvalue weighted by Gasteiger charge is -2.44. The summed E-state index contributed by atoms with van der Waals surface area (Å²) in [6, 6.07) is 154. The second-order valence-electron chi connectivity index (χ2n) is 28.4.